The van der Waals surface area contributed by atoms with Gasteiger partial charge in [0.1, 0.15) is 11.4 Å². The lowest BCUT2D eigenvalue weighted by Crippen LogP contribution is -2.13. The summed E-state index contributed by atoms with van der Waals surface area (Å²) in [7, 11) is 1.60. The number of nitrogens with one attached hydrogen (secondary N) is 2. The van der Waals surface area contributed by atoms with Crippen LogP contribution in [-0.4, -0.2) is 23.0 Å². The zero-order chi connectivity index (χ0) is 13.1. The van der Waals surface area contributed by atoms with Gasteiger partial charge in [-0.1, -0.05) is 6.07 Å². The van der Waals surface area contributed by atoms with E-state index in [1.807, 2.05) is 19.1 Å². The molecule has 1 aromatic carbocycles. The van der Waals surface area contributed by atoms with Crippen LogP contribution < -0.4 is 10.1 Å². The number of amides is 1. The highest BCUT2D eigenvalue weighted by molar-refractivity contribution is 6.03. The fourth-order valence-electron chi connectivity index (χ4n) is 1.68. The van der Waals surface area contributed by atoms with E-state index in [4.69, 9.17) is 4.74 Å². The van der Waals surface area contributed by atoms with Crippen LogP contribution in [0.1, 0.15) is 21.7 Å². The molecule has 94 valence electrons. The SMILES string of the molecule is COc1cc(NC(=O)c2nc[nH]c2C)ccc1C. The molecule has 0 aliphatic carbocycles. The number of methoxy groups -OCH3 is 1. The minimum Gasteiger partial charge on any atom is -0.496 e. The van der Waals surface area contributed by atoms with E-state index < -0.39 is 0 Å². The predicted molar refractivity (Wildman–Crippen MR) is 69.0 cm³/mol. The molecule has 1 heterocycles. The molecule has 5 heteroatoms. The number of carbonyl (C=O) groups is 1. The van der Waals surface area contributed by atoms with Crippen LogP contribution in [0.2, 0.25) is 0 Å². The molecule has 0 saturated heterocycles. The van der Waals surface area contributed by atoms with Crippen LogP contribution in [0.5, 0.6) is 5.75 Å². The molecule has 1 amide bonds. The van der Waals surface area contributed by atoms with Crippen molar-refractivity contribution >= 4 is 11.6 Å². The smallest absolute Gasteiger partial charge is 0.276 e. The quantitative estimate of drug-likeness (QED) is 0.871. The van der Waals surface area contributed by atoms with Gasteiger partial charge < -0.3 is 15.0 Å². The van der Waals surface area contributed by atoms with Crippen LogP contribution in [-0.2, 0) is 0 Å². The zero-order valence-corrected chi connectivity index (χ0v) is 10.6. The molecule has 5 nitrogen and oxygen atoms in total. The zero-order valence-electron chi connectivity index (χ0n) is 10.6. The van der Waals surface area contributed by atoms with Crippen LogP contribution in [0.25, 0.3) is 0 Å². The molecule has 0 spiro atoms. The molecule has 0 unspecified atom stereocenters. The number of hydrogen-bond acceptors (Lipinski definition) is 3. The van der Waals surface area contributed by atoms with Gasteiger partial charge in [-0.15, -0.1) is 0 Å². The Hall–Kier alpha value is -2.30. The lowest BCUT2D eigenvalue weighted by atomic mass is 10.2. The first-order chi connectivity index (χ1) is 8.61. The summed E-state index contributed by atoms with van der Waals surface area (Å²) < 4.78 is 5.21. The van der Waals surface area contributed by atoms with E-state index in [0.29, 0.717) is 11.4 Å². The largest absolute Gasteiger partial charge is 0.496 e. The van der Waals surface area contributed by atoms with E-state index in [0.717, 1.165) is 17.0 Å². The molecular weight excluding hydrogens is 230 g/mol. The molecule has 2 aromatic rings. The van der Waals surface area contributed by atoms with Gasteiger partial charge in [-0.3, -0.25) is 4.79 Å². The van der Waals surface area contributed by atoms with Gasteiger partial charge >= 0.3 is 0 Å². The van der Waals surface area contributed by atoms with E-state index in [9.17, 15) is 4.79 Å². The summed E-state index contributed by atoms with van der Waals surface area (Å²) in [6.45, 7) is 3.75. The number of aromatic amines is 1. The van der Waals surface area contributed by atoms with E-state index in [1.54, 1.807) is 20.1 Å². The standard InChI is InChI=1S/C13H15N3O2/c1-8-4-5-10(6-11(8)18-3)16-13(17)12-9(2)14-7-15-12/h4-7H,1-3H3,(H,14,15)(H,16,17). The molecular formula is C13H15N3O2. The highest BCUT2D eigenvalue weighted by Gasteiger charge is 2.12. The summed E-state index contributed by atoms with van der Waals surface area (Å²) in [5.41, 5.74) is 2.84. The molecule has 0 aliphatic heterocycles. The van der Waals surface area contributed by atoms with Crippen molar-refractivity contribution in [3.63, 3.8) is 0 Å². The number of rotatable bonds is 3. The number of aromatic nitrogens is 2. The van der Waals surface area contributed by atoms with Crippen molar-refractivity contribution in [3.8, 4) is 5.75 Å². The van der Waals surface area contributed by atoms with Gasteiger partial charge in [-0.2, -0.15) is 0 Å². The number of anilines is 1. The summed E-state index contributed by atoms with van der Waals surface area (Å²) in [4.78, 5) is 18.8. The lowest BCUT2D eigenvalue weighted by molar-refractivity contribution is 0.102. The fourth-order valence-corrected chi connectivity index (χ4v) is 1.68. The number of ether oxygens (including phenoxy) is 1. The predicted octanol–water partition coefficient (Wildman–Crippen LogP) is 2.29. The van der Waals surface area contributed by atoms with E-state index in [-0.39, 0.29) is 5.91 Å². The normalized spacial score (nSPS) is 10.2. The Labute approximate surface area is 105 Å². The number of nitrogens with zero attached hydrogens (tertiary/aromatic N) is 1. The third-order valence-electron chi connectivity index (χ3n) is 2.71. The third kappa shape index (κ3) is 2.34. The highest BCUT2D eigenvalue weighted by Crippen LogP contribution is 2.22. The maximum absolute atomic E-state index is 11.9. The number of benzene rings is 1. The van der Waals surface area contributed by atoms with Crippen molar-refractivity contribution in [3.05, 3.63) is 41.5 Å². The van der Waals surface area contributed by atoms with E-state index in [1.165, 1.54) is 6.33 Å². The molecule has 0 saturated carbocycles. The molecule has 0 aliphatic rings. The minimum atomic E-state index is -0.236. The summed E-state index contributed by atoms with van der Waals surface area (Å²) in [6.07, 6.45) is 1.50. The number of H-pyrrole nitrogens is 1. The molecule has 0 atom stereocenters. The third-order valence-corrected chi connectivity index (χ3v) is 2.71. The summed E-state index contributed by atoms with van der Waals surface area (Å²) in [5.74, 6) is 0.506. The summed E-state index contributed by atoms with van der Waals surface area (Å²) in [6, 6.07) is 5.51. The highest BCUT2D eigenvalue weighted by atomic mass is 16.5. The van der Waals surface area contributed by atoms with E-state index in [2.05, 4.69) is 15.3 Å². The van der Waals surface area contributed by atoms with Crippen molar-refractivity contribution in [2.24, 2.45) is 0 Å². The average molecular weight is 245 g/mol. The molecule has 2 N–H and O–H groups in total. The van der Waals surface area contributed by atoms with Gasteiger partial charge in [0, 0.05) is 17.4 Å². The lowest BCUT2D eigenvalue weighted by Gasteiger charge is -2.08. The van der Waals surface area contributed by atoms with Crippen LogP contribution in [0.4, 0.5) is 5.69 Å². The Morgan fingerprint density at radius 2 is 2.17 bits per heavy atom. The second-order valence-corrected chi connectivity index (χ2v) is 4.01. The monoisotopic (exact) mass is 245 g/mol. The van der Waals surface area contributed by atoms with Crippen LogP contribution >= 0.6 is 0 Å². The molecule has 0 fully saturated rings. The maximum atomic E-state index is 11.9. The maximum Gasteiger partial charge on any atom is 0.276 e. The van der Waals surface area contributed by atoms with Crippen molar-refractivity contribution in [1.29, 1.82) is 0 Å². The Morgan fingerprint density at radius 1 is 1.39 bits per heavy atom. The first kappa shape index (κ1) is 12.2. The Bertz CT molecular complexity index is 575. The van der Waals surface area contributed by atoms with Gasteiger partial charge in [-0.05, 0) is 25.5 Å². The number of aryl methyl sites for hydroxylation is 2. The first-order valence-corrected chi connectivity index (χ1v) is 5.58. The van der Waals surface area contributed by atoms with Crippen molar-refractivity contribution in [2.45, 2.75) is 13.8 Å². The first-order valence-electron chi connectivity index (χ1n) is 5.58. The Balaban J connectivity index is 2.20. The van der Waals surface area contributed by atoms with Gasteiger partial charge in [-0.25, -0.2) is 4.98 Å². The van der Waals surface area contributed by atoms with Crippen molar-refractivity contribution in [2.75, 3.05) is 12.4 Å². The van der Waals surface area contributed by atoms with Gasteiger partial charge in [0.15, 0.2) is 0 Å². The summed E-state index contributed by atoms with van der Waals surface area (Å²) >= 11 is 0. The second kappa shape index (κ2) is 4.91. The molecule has 2 rings (SSSR count). The van der Waals surface area contributed by atoms with Gasteiger partial charge in [0.25, 0.3) is 5.91 Å². The molecule has 18 heavy (non-hydrogen) atoms. The van der Waals surface area contributed by atoms with Crippen molar-refractivity contribution in [1.82, 2.24) is 9.97 Å². The Morgan fingerprint density at radius 3 is 2.78 bits per heavy atom. The van der Waals surface area contributed by atoms with Crippen LogP contribution in [0.15, 0.2) is 24.5 Å². The molecule has 0 radical (unpaired) electrons. The van der Waals surface area contributed by atoms with E-state index >= 15 is 0 Å². The number of hydrogen-bond donors (Lipinski definition) is 2. The second-order valence-electron chi connectivity index (χ2n) is 4.01. The average Bonchev–Trinajstić information content (AvgIpc) is 2.78. The van der Waals surface area contributed by atoms with Gasteiger partial charge in [0.2, 0.25) is 0 Å². The Kier molecular flexibility index (Phi) is 3.32. The molecule has 1 aromatic heterocycles. The van der Waals surface area contributed by atoms with Gasteiger partial charge in [0.05, 0.1) is 13.4 Å². The number of carbonyl (C=O) groups excluding carboxylic acids is 1. The topological polar surface area (TPSA) is 67.0 Å². The fraction of sp³-hybridized carbons (Fsp3) is 0.231. The van der Waals surface area contributed by atoms with Crippen LogP contribution in [0, 0.1) is 13.8 Å². The number of imidazole rings is 1. The van der Waals surface area contributed by atoms with Crippen LogP contribution in [0.3, 0.4) is 0 Å². The van der Waals surface area contributed by atoms with Crippen molar-refractivity contribution < 1.29 is 9.53 Å². The summed E-state index contributed by atoms with van der Waals surface area (Å²) in [5, 5.41) is 2.79. The minimum absolute atomic E-state index is 0.236. The molecule has 0 bridgehead atoms.